The molecule has 1 aromatic rings. The number of ketones is 1. The van der Waals surface area contributed by atoms with Crippen LogP contribution in [0.4, 0.5) is 4.39 Å². The molecule has 1 atom stereocenters. The van der Waals surface area contributed by atoms with Crippen molar-refractivity contribution < 1.29 is 13.9 Å². The fraction of sp³-hybridized carbons (Fsp3) is 0.417. The van der Waals surface area contributed by atoms with E-state index in [0.29, 0.717) is 6.42 Å². The second-order valence-electron chi connectivity index (χ2n) is 3.50. The maximum atomic E-state index is 13.0. The van der Waals surface area contributed by atoms with E-state index in [9.17, 15) is 9.18 Å². The van der Waals surface area contributed by atoms with Gasteiger partial charge in [-0.15, -0.1) is 0 Å². The molecular weight excluding hydrogens is 231 g/mol. The molecule has 0 radical (unpaired) electrons. The number of hydrogen-bond donors (Lipinski definition) is 0. The second kappa shape index (κ2) is 5.97. The average Bonchev–Trinajstić information content (AvgIpc) is 2.28. The smallest absolute Gasteiger partial charge is 0.193 e. The molecule has 16 heavy (non-hydrogen) atoms. The van der Waals surface area contributed by atoms with Gasteiger partial charge in [-0.3, -0.25) is 4.79 Å². The fourth-order valence-corrected chi connectivity index (χ4v) is 1.69. The molecule has 0 saturated carbocycles. The number of carbonyl (C=O) groups excluding carboxylic acids is 1. The van der Waals surface area contributed by atoms with Crippen LogP contribution < -0.4 is 0 Å². The third-order valence-electron chi connectivity index (χ3n) is 2.32. The summed E-state index contributed by atoms with van der Waals surface area (Å²) in [6, 6.07) is 3.75. The van der Waals surface area contributed by atoms with Gasteiger partial charge in [-0.05, 0) is 24.6 Å². The van der Waals surface area contributed by atoms with Gasteiger partial charge in [0, 0.05) is 12.7 Å². The molecule has 88 valence electrons. The van der Waals surface area contributed by atoms with E-state index in [1.807, 2.05) is 6.92 Å². The van der Waals surface area contributed by atoms with Crippen molar-refractivity contribution in [3.05, 3.63) is 34.6 Å². The molecule has 1 aromatic carbocycles. The number of methoxy groups -OCH3 is 1. The van der Waals surface area contributed by atoms with Crippen molar-refractivity contribution in [2.75, 3.05) is 7.11 Å². The summed E-state index contributed by atoms with van der Waals surface area (Å²) in [6.07, 6.45) is 0.864. The Morgan fingerprint density at radius 2 is 2.25 bits per heavy atom. The third kappa shape index (κ3) is 3.03. The highest BCUT2D eigenvalue weighted by atomic mass is 35.5. The van der Waals surface area contributed by atoms with Gasteiger partial charge in [0.2, 0.25) is 0 Å². The molecule has 0 N–H and O–H groups in total. The third-order valence-corrected chi connectivity index (χ3v) is 2.65. The van der Waals surface area contributed by atoms with Crippen molar-refractivity contribution in [3.8, 4) is 0 Å². The average molecular weight is 245 g/mol. The van der Waals surface area contributed by atoms with Gasteiger partial charge in [0.15, 0.2) is 5.78 Å². The molecule has 0 fully saturated rings. The van der Waals surface area contributed by atoms with E-state index in [1.54, 1.807) is 0 Å². The summed E-state index contributed by atoms with van der Waals surface area (Å²) in [4.78, 5) is 12.0. The van der Waals surface area contributed by atoms with Gasteiger partial charge in [0.25, 0.3) is 0 Å². The predicted molar refractivity (Wildman–Crippen MR) is 61.4 cm³/mol. The van der Waals surface area contributed by atoms with Crippen LogP contribution in [0, 0.1) is 5.82 Å². The van der Waals surface area contributed by atoms with E-state index < -0.39 is 11.9 Å². The summed E-state index contributed by atoms with van der Waals surface area (Å²) in [5, 5.41) is 0.254. The highest BCUT2D eigenvalue weighted by Crippen LogP contribution is 2.20. The first-order chi connectivity index (χ1) is 7.60. The number of hydrogen-bond acceptors (Lipinski definition) is 2. The van der Waals surface area contributed by atoms with Gasteiger partial charge in [-0.25, -0.2) is 4.39 Å². The molecular formula is C12H14ClFO2. The SMILES string of the molecule is CCCC(OC)C(=O)c1cc(F)ccc1Cl. The second-order valence-corrected chi connectivity index (χ2v) is 3.91. The molecule has 1 unspecified atom stereocenters. The molecule has 0 aliphatic heterocycles. The van der Waals surface area contributed by atoms with Crippen LogP contribution >= 0.6 is 11.6 Å². The topological polar surface area (TPSA) is 26.3 Å². The zero-order valence-corrected chi connectivity index (χ0v) is 10.1. The van der Waals surface area contributed by atoms with Gasteiger partial charge >= 0.3 is 0 Å². The maximum absolute atomic E-state index is 13.0. The molecule has 0 aromatic heterocycles. The Hall–Kier alpha value is -0.930. The predicted octanol–water partition coefficient (Wildman–Crippen LogP) is 3.48. The minimum absolute atomic E-state index is 0.182. The van der Waals surface area contributed by atoms with Gasteiger partial charge in [-0.2, -0.15) is 0 Å². The minimum Gasteiger partial charge on any atom is -0.373 e. The van der Waals surface area contributed by atoms with Gasteiger partial charge in [0.05, 0.1) is 5.02 Å². The van der Waals surface area contributed by atoms with Gasteiger partial charge in [0.1, 0.15) is 11.9 Å². The van der Waals surface area contributed by atoms with E-state index in [1.165, 1.54) is 19.2 Å². The molecule has 1 rings (SSSR count). The van der Waals surface area contributed by atoms with E-state index in [0.717, 1.165) is 12.5 Å². The summed E-state index contributed by atoms with van der Waals surface area (Å²) in [6.45, 7) is 1.95. The van der Waals surface area contributed by atoms with Gasteiger partial charge in [-0.1, -0.05) is 24.9 Å². The first-order valence-electron chi connectivity index (χ1n) is 5.12. The molecule has 4 heteroatoms. The lowest BCUT2D eigenvalue weighted by Crippen LogP contribution is -2.23. The van der Waals surface area contributed by atoms with Crippen LogP contribution in [0.1, 0.15) is 30.1 Å². The lowest BCUT2D eigenvalue weighted by Gasteiger charge is -2.13. The standard InChI is InChI=1S/C12H14ClFO2/c1-3-4-11(16-2)12(15)9-7-8(14)5-6-10(9)13/h5-7,11H,3-4H2,1-2H3. The first kappa shape index (κ1) is 13.1. The zero-order valence-electron chi connectivity index (χ0n) is 9.30. The van der Waals surface area contributed by atoms with Crippen molar-refractivity contribution in [1.82, 2.24) is 0 Å². The summed E-state index contributed by atoms with van der Waals surface area (Å²) < 4.78 is 18.1. The summed E-state index contributed by atoms with van der Waals surface area (Å²) in [5.74, 6) is -0.743. The van der Waals surface area contributed by atoms with Crippen LogP contribution in [-0.2, 0) is 4.74 Å². The summed E-state index contributed by atoms with van der Waals surface area (Å²) in [7, 11) is 1.46. The molecule has 0 bridgehead atoms. The Labute approximate surface area is 99.4 Å². The number of carbonyl (C=O) groups is 1. The molecule has 2 nitrogen and oxygen atoms in total. The summed E-state index contributed by atoms with van der Waals surface area (Å²) >= 11 is 5.85. The number of halogens is 2. The van der Waals surface area contributed by atoms with Crippen LogP contribution in [0.2, 0.25) is 5.02 Å². The normalized spacial score (nSPS) is 12.5. The monoisotopic (exact) mass is 244 g/mol. The van der Waals surface area contributed by atoms with Crippen LogP contribution in [0.25, 0.3) is 0 Å². The number of ether oxygens (including phenoxy) is 1. The van der Waals surface area contributed by atoms with Crippen LogP contribution in [-0.4, -0.2) is 19.0 Å². The maximum Gasteiger partial charge on any atom is 0.193 e. The van der Waals surface area contributed by atoms with E-state index in [4.69, 9.17) is 16.3 Å². The lowest BCUT2D eigenvalue weighted by molar-refractivity contribution is 0.0578. The Bertz CT molecular complexity index is 379. The van der Waals surface area contributed by atoms with Crippen molar-refractivity contribution in [2.45, 2.75) is 25.9 Å². The molecule has 0 aliphatic rings. The van der Waals surface area contributed by atoms with Crippen LogP contribution in [0.15, 0.2) is 18.2 Å². The van der Waals surface area contributed by atoms with Crippen LogP contribution in [0.3, 0.4) is 0 Å². The number of benzene rings is 1. The first-order valence-corrected chi connectivity index (χ1v) is 5.50. The Morgan fingerprint density at radius 1 is 1.56 bits per heavy atom. The number of rotatable bonds is 5. The largest absolute Gasteiger partial charge is 0.373 e. The highest BCUT2D eigenvalue weighted by Gasteiger charge is 2.21. The molecule has 0 aliphatic carbocycles. The van der Waals surface area contributed by atoms with E-state index in [2.05, 4.69) is 0 Å². The lowest BCUT2D eigenvalue weighted by atomic mass is 10.0. The van der Waals surface area contributed by atoms with E-state index >= 15 is 0 Å². The quantitative estimate of drug-likeness (QED) is 0.742. The van der Waals surface area contributed by atoms with Crippen molar-refractivity contribution in [3.63, 3.8) is 0 Å². The van der Waals surface area contributed by atoms with Crippen molar-refractivity contribution in [1.29, 1.82) is 0 Å². The zero-order chi connectivity index (χ0) is 12.1. The molecule has 0 amide bonds. The van der Waals surface area contributed by atoms with Crippen molar-refractivity contribution >= 4 is 17.4 Å². The Kier molecular flexibility index (Phi) is 4.90. The van der Waals surface area contributed by atoms with Crippen LogP contribution in [0.5, 0.6) is 0 Å². The Balaban J connectivity index is 2.98. The molecule has 0 spiro atoms. The Morgan fingerprint density at radius 3 is 2.81 bits per heavy atom. The van der Waals surface area contributed by atoms with Gasteiger partial charge < -0.3 is 4.74 Å². The molecule has 0 saturated heterocycles. The number of Topliss-reactive ketones (excluding diaryl/α,β-unsaturated/α-hetero) is 1. The minimum atomic E-state index is -0.552. The van der Waals surface area contributed by atoms with Crippen molar-refractivity contribution in [2.24, 2.45) is 0 Å². The molecule has 0 heterocycles. The highest BCUT2D eigenvalue weighted by molar-refractivity contribution is 6.34. The summed E-state index contributed by atoms with van der Waals surface area (Å²) in [5.41, 5.74) is 0.182. The van der Waals surface area contributed by atoms with E-state index in [-0.39, 0.29) is 16.4 Å². The fourth-order valence-electron chi connectivity index (χ4n) is 1.48.